The molecule has 2 rings (SSSR count). The van der Waals surface area contributed by atoms with Gasteiger partial charge in [-0.05, 0) is 5.41 Å². The van der Waals surface area contributed by atoms with Crippen molar-refractivity contribution in [2.75, 3.05) is 6.54 Å². The Kier molecular flexibility index (Phi) is 3.40. The van der Waals surface area contributed by atoms with Gasteiger partial charge in [0.15, 0.2) is 0 Å². The first kappa shape index (κ1) is 14.9. The Bertz CT molecular complexity index is 603. The topological polar surface area (TPSA) is 106 Å². The zero-order chi connectivity index (χ0) is 15.9. The van der Waals surface area contributed by atoms with Crippen molar-refractivity contribution >= 4 is 17.3 Å². The number of nitro groups is 2. The van der Waals surface area contributed by atoms with Crippen molar-refractivity contribution in [1.29, 1.82) is 0 Å². The summed E-state index contributed by atoms with van der Waals surface area (Å²) >= 11 is 0. The lowest BCUT2D eigenvalue weighted by molar-refractivity contribution is -0.394. The third-order valence-electron chi connectivity index (χ3n) is 3.44. The number of amides is 1. The van der Waals surface area contributed by atoms with Crippen LogP contribution in [0.2, 0.25) is 0 Å². The van der Waals surface area contributed by atoms with Gasteiger partial charge in [-0.15, -0.1) is 0 Å². The molecule has 0 bridgehead atoms. The molecule has 8 heteroatoms. The molecule has 0 N–H and O–H groups in total. The minimum atomic E-state index is -0.743. The molecule has 112 valence electrons. The van der Waals surface area contributed by atoms with Gasteiger partial charge in [-0.2, -0.15) is 0 Å². The number of nitro benzene ring substituents is 2. The van der Waals surface area contributed by atoms with Crippen LogP contribution in [-0.4, -0.2) is 33.2 Å². The predicted octanol–water partition coefficient (Wildman–Crippen LogP) is 2.37. The Labute approximate surface area is 120 Å². The second kappa shape index (κ2) is 4.80. The van der Waals surface area contributed by atoms with Crippen LogP contribution in [0.5, 0.6) is 0 Å². The summed E-state index contributed by atoms with van der Waals surface area (Å²) < 4.78 is 0. The number of hydrogen-bond donors (Lipinski definition) is 0. The van der Waals surface area contributed by atoms with E-state index in [4.69, 9.17) is 0 Å². The summed E-state index contributed by atoms with van der Waals surface area (Å²) in [5, 5.41) is 21.6. The molecule has 1 aromatic rings. The summed E-state index contributed by atoms with van der Waals surface area (Å²) in [6.45, 7) is 6.52. The van der Waals surface area contributed by atoms with Crippen molar-refractivity contribution in [3.8, 4) is 0 Å². The summed E-state index contributed by atoms with van der Waals surface area (Å²) in [5.41, 5.74) is -1.03. The maximum Gasteiger partial charge on any atom is 0.277 e. The van der Waals surface area contributed by atoms with E-state index in [0.29, 0.717) is 6.54 Å². The maximum atomic E-state index is 12.3. The number of nitrogens with zero attached hydrogens (tertiary/aromatic N) is 3. The smallest absolute Gasteiger partial charge is 0.277 e. The Balaban J connectivity index is 2.34. The second-order valence-corrected chi connectivity index (χ2v) is 6.09. The predicted molar refractivity (Wildman–Crippen MR) is 74.0 cm³/mol. The minimum Gasteiger partial charge on any atom is -0.331 e. The Hall–Kier alpha value is -2.51. The molecular weight excluding hydrogens is 278 g/mol. The molecule has 0 spiro atoms. The largest absolute Gasteiger partial charge is 0.331 e. The van der Waals surface area contributed by atoms with Gasteiger partial charge in [-0.25, -0.2) is 0 Å². The monoisotopic (exact) mass is 293 g/mol. The van der Waals surface area contributed by atoms with Gasteiger partial charge >= 0.3 is 0 Å². The number of hydrogen-bond acceptors (Lipinski definition) is 5. The summed E-state index contributed by atoms with van der Waals surface area (Å²) in [7, 11) is 0. The second-order valence-electron chi connectivity index (χ2n) is 6.09. The van der Waals surface area contributed by atoms with E-state index in [0.717, 1.165) is 18.2 Å². The summed E-state index contributed by atoms with van der Waals surface area (Å²) in [6, 6.07) is 3.05. The number of benzene rings is 1. The fourth-order valence-electron chi connectivity index (χ4n) is 2.20. The van der Waals surface area contributed by atoms with E-state index in [2.05, 4.69) is 0 Å². The van der Waals surface area contributed by atoms with E-state index in [1.165, 1.54) is 0 Å². The van der Waals surface area contributed by atoms with Crippen LogP contribution < -0.4 is 0 Å². The molecule has 8 nitrogen and oxygen atoms in total. The third-order valence-corrected chi connectivity index (χ3v) is 3.44. The van der Waals surface area contributed by atoms with Crippen LogP contribution in [0.15, 0.2) is 18.2 Å². The quantitative estimate of drug-likeness (QED) is 0.483. The molecule has 0 saturated carbocycles. The highest BCUT2D eigenvalue weighted by Crippen LogP contribution is 2.36. The summed E-state index contributed by atoms with van der Waals surface area (Å²) in [5.74, 6) is -0.415. The van der Waals surface area contributed by atoms with Gasteiger partial charge in [-0.1, -0.05) is 20.8 Å². The molecule has 0 aliphatic carbocycles. The molecule has 1 aliphatic rings. The number of non-ortho nitro benzene ring substituents is 2. The van der Waals surface area contributed by atoms with E-state index in [9.17, 15) is 25.0 Å². The Morgan fingerprint density at radius 1 is 1.14 bits per heavy atom. The van der Waals surface area contributed by atoms with Crippen LogP contribution in [0.4, 0.5) is 11.4 Å². The lowest BCUT2D eigenvalue weighted by Gasteiger charge is -2.17. The van der Waals surface area contributed by atoms with Crippen molar-refractivity contribution in [2.24, 2.45) is 5.41 Å². The van der Waals surface area contributed by atoms with Crippen molar-refractivity contribution in [3.05, 3.63) is 44.0 Å². The van der Waals surface area contributed by atoms with E-state index in [1.807, 2.05) is 20.8 Å². The maximum absolute atomic E-state index is 12.3. The molecule has 1 atom stereocenters. The van der Waals surface area contributed by atoms with Gasteiger partial charge in [0.05, 0.1) is 27.5 Å². The van der Waals surface area contributed by atoms with E-state index in [-0.39, 0.29) is 17.0 Å². The molecule has 0 unspecified atom stereocenters. The molecule has 21 heavy (non-hydrogen) atoms. The van der Waals surface area contributed by atoms with Crippen molar-refractivity contribution in [2.45, 2.75) is 26.8 Å². The van der Waals surface area contributed by atoms with Crippen molar-refractivity contribution in [3.63, 3.8) is 0 Å². The first-order valence-corrected chi connectivity index (χ1v) is 6.36. The fourth-order valence-corrected chi connectivity index (χ4v) is 2.20. The average Bonchev–Trinajstić information content (AvgIpc) is 3.17. The van der Waals surface area contributed by atoms with Crippen LogP contribution >= 0.6 is 0 Å². The highest BCUT2D eigenvalue weighted by molar-refractivity contribution is 5.97. The molecule has 1 amide bonds. The highest BCUT2D eigenvalue weighted by atomic mass is 16.6. The van der Waals surface area contributed by atoms with Gasteiger partial charge in [0.25, 0.3) is 17.3 Å². The summed E-state index contributed by atoms with van der Waals surface area (Å²) in [4.78, 5) is 34.0. The molecule has 0 radical (unpaired) electrons. The van der Waals surface area contributed by atoms with E-state index < -0.39 is 27.1 Å². The van der Waals surface area contributed by atoms with Crippen LogP contribution in [-0.2, 0) is 0 Å². The zero-order valence-electron chi connectivity index (χ0n) is 11.9. The first-order valence-electron chi connectivity index (χ1n) is 6.36. The van der Waals surface area contributed by atoms with Gasteiger partial charge < -0.3 is 4.90 Å². The van der Waals surface area contributed by atoms with E-state index >= 15 is 0 Å². The highest BCUT2D eigenvalue weighted by Gasteiger charge is 2.46. The first-order chi connectivity index (χ1) is 9.61. The molecule has 1 heterocycles. The zero-order valence-corrected chi connectivity index (χ0v) is 11.9. The fraction of sp³-hybridized carbons (Fsp3) is 0.462. The van der Waals surface area contributed by atoms with Crippen LogP contribution in [0.3, 0.4) is 0 Å². The number of rotatable bonds is 3. The Morgan fingerprint density at radius 2 is 1.62 bits per heavy atom. The lowest BCUT2D eigenvalue weighted by atomic mass is 9.92. The molecular formula is C13H15N3O5. The number of carbonyl (C=O) groups is 1. The van der Waals surface area contributed by atoms with Gasteiger partial charge in [0.2, 0.25) is 0 Å². The standard InChI is InChI=1S/C13H15N3O5/c1-13(2,3)11-7-14(11)12(17)8-4-9(15(18)19)6-10(5-8)16(20)21/h4-6,11H,7H2,1-3H3/t11-,14?/m0/s1. The van der Waals surface area contributed by atoms with Gasteiger partial charge in [0, 0.05) is 18.7 Å². The van der Waals surface area contributed by atoms with Crippen LogP contribution in [0, 0.1) is 25.6 Å². The summed E-state index contributed by atoms with van der Waals surface area (Å²) in [6.07, 6.45) is 0. The normalized spacial score (nSPS) is 17.5. The molecule has 1 aromatic carbocycles. The lowest BCUT2D eigenvalue weighted by Crippen LogP contribution is -2.22. The van der Waals surface area contributed by atoms with Crippen molar-refractivity contribution < 1.29 is 14.6 Å². The molecule has 1 fully saturated rings. The van der Waals surface area contributed by atoms with E-state index in [1.54, 1.807) is 4.90 Å². The SMILES string of the molecule is CC(C)(C)[C@@H]1CN1C(=O)c1cc([N+](=O)[O-])cc([N+](=O)[O-])c1. The molecule has 1 aliphatic heterocycles. The Morgan fingerprint density at radius 3 is 1.95 bits per heavy atom. The minimum absolute atomic E-state index is 0.0253. The van der Waals surface area contributed by atoms with Crippen LogP contribution in [0.25, 0.3) is 0 Å². The molecule has 0 aromatic heterocycles. The molecule has 1 saturated heterocycles. The third kappa shape index (κ3) is 2.99. The van der Waals surface area contributed by atoms with Crippen LogP contribution in [0.1, 0.15) is 31.1 Å². The van der Waals surface area contributed by atoms with Crippen molar-refractivity contribution in [1.82, 2.24) is 4.90 Å². The van der Waals surface area contributed by atoms with Gasteiger partial charge in [0.1, 0.15) is 0 Å². The average molecular weight is 293 g/mol. The number of carbonyl (C=O) groups excluding carboxylic acids is 1. The van der Waals surface area contributed by atoms with Gasteiger partial charge in [-0.3, -0.25) is 25.0 Å².